The molecule has 1 N–H and O–H groups in total. The van der Waals surface area contributed by atoms with Crippen LogP contribution in [-0.4, -0.2) is 11.7 Å². The Morgan fingerprint density at radius 3 is 2.93 bits per heavy atom. The molecule has 1 aromatic heterocycles. The molecule has 2 rings (SSSR count). The molecule has 0 aliphatic heterocycles. The van der Waals surface area contributed by atoms with E-state index >= 15 is 0 Å². The van der Waals surface area contributed by atoms with Gasteiger partial charge in [-0.05, 0) is 18.2 Å². The molecule has 0 aliphatic rings. The summed E-state index contributed by atoms with van der Waals surface area (Å²) < 4.78 is 14.8. The average Bonchev–Trinajstić information content (AvgIpc) is 2.18. The maximum Gasteiger partial charge on any atom is 0.212 e. The first kappa shape index (κ1) is 9.09. The number of hydrogen-bond donors (Lipinski definition) is 1. The van der Waals surface area contributed by atoms with E-state index < -0.39 is 0 Å². The molecule has 1 aromatic carbocycles. The topological polar surface area (TPSA) is 24.1 Å². The van der Waals surface area contributed by atoms with Crippen molar-refractivity contribution < 1.29 is 14.1 Å². The molecule has 0 fully saturated rings. The van der Waals surface area contributed by atoms with Crippen molar-refractivity contribution in [3.63, 3.8) is 0 Å². The van der Waals surface area contributed by atoms with Gasteiger partial charge >= 0.3 is 0 Å². The lowest BCUT2D eigenvalue weighted by Gasteiger charge is -1.99. The van der Waals surface area contributed by atoms with Crippen molar-refractivity contribution in [1.82, 2.24) is 0 Å². The van der Waals surface area contributed by atoms with Crippen LogP contribution in [0.4, 0.5) is 4.39 Å². The van der Waals surface area contributed by atoms with Crippen LogP contribution in [-0.2, 0) is 6.54 Å². The van der Waals surface area contributed by atoms with Gasteiger partial charge in [-0.15, -0.1) is 0 Å². The van der Waals surface area contributed by atoms with Crippen molar-refractivity contribution in [2.24, 2.45) is 0 Å². The van der Waals surface area contributed by atoms with E-state index in [0.717, 1.165) is 10.9 Å². The summed E-state index contributed by atoms with van der Waals surface area (Å²) in [5.74, 6) is -0.237. The molecule has 0 spiro atoms. The number of halogens is 1. The molecule has 14 heavy (non-hydrogen) atoms. The number of aliphatic hydroxyl groups is 1. The van der Waals surface area contributed by atoms with E-state index in [1.54, 1.807) is 6.07 Å². The lowest BCUT2D eigenvalue weighted by Crippen LogP contribution is -2.35. The first-order chi connectivity index (χ1) is 6.81. The average molecular weight is 192 g/mol. The zero-order valence-corrected chi connectivity index (χ0v) is 7.65. The van der Waals surface area contributed by atoms with Gasteiger partial charge < -0.3 is 5.11 Å². The van der Waals surface area contributed by atoms with Crippen molar-refractivity contribution in [2.45, 2.75) is 6.54 Å². The third kappa shape index (κ3) is 1.59. The largest absolute Gasteiger partial charge is 0.390 e. The summed E-state index contributed by atoms with van der Waals surface area (Å²) in [7, 11) is 0. The molecule has 0 unspecified atom stereocenters. The van der Waals surface area contributed by atoms with Gasteiger partial charge in [0.25, 0.3) is 0 Å². The van der Waals surface area contributed by atoms with Crippen LogP contribution in [0.5, 0.6) is 0 Å². The molecular formula is C11H11FNO+. The van der Waals surface area contributed by atoms with Crippen LogP contribution >= 0.6 is 0 Å². The summed E-state index contributed by atoms with van der Waals surface area (Å²) in [5, 5.41) is 9.69. The fraction of sp³-hybridized carbons (Fsp3) is 0.182. The Labute approximate surface area is 81.2 Å². The maximum atomic E-state index is 12.9. The van der Waals surface area contributed by atoms with Gasteiger partial charge in [-0.25, -0.2) is 4.39 Å². The highest BCUT2D eigenvalue weighted by atomic mass is 19.1. The molecule has 2 aromatic rings. The highest BCUT2D eigenvalue weighted by molar-refractivity contribution is 5.75. The number of pyridine rings is 1. The number of aliphatic hydroxyl groups excluding tert-OH is 1. The minimum Gasteiger partial charge on any atom is -0.390 e. The summed E-state index contributed by atoms with van der Waals surface area (Å²) in [4.78, 5) is 0. The first-order valence-electron chi connectivity index (χ1n) is 4.50. The normalized spacial score (nSPS) is 10.7. The molecule has 0 aliphatic carbocycles. The summed E-state index contributed by atoms with van der Waals surface area (Å²) in [6.07, 6.45) is 1.87. The Kier molecular flexibility index (Phi) is 2.41. The Morgan fingerprint density at radius 2 is 2.14 bits per heavy atom. The predicted octanol–water partition coefficient (Wildman–Crippen LogP) is 1.26. The van der Waals surface area contributed by atoms with Crippen molar-refractivity contribution >= 4 is 10.9 Å². The summed E-state index contributed by atoms with van der Waals surface area (Å²) in [6.45, 7) is 0.615. The van der Waals surface area contributed by atoms with Crippen molar-refractivity contribution in [2.75, 3.05) is 6.61 Å². The highest BCUT2D eigenvalue weighted by Crippen LogP contribution is 2.10. The molecule has 0 bridgehead atoms. The zero-order valence-electron chi connectivity index (χ0n) is 7.65. The van der Waals surface area contributed by atoms with Crippen molar-refractivity contribution in [3.8, 4) is 0 Å². The van der Waals surface area contributed by atoms with Gasteiger partial charge in [-0.3, -0.25) is 0 Å². The molecule has 2 nitrogen and oxygen atoms in total. The van der Waals surface area contributed by atoms with Gasteiger partial charge in [-0.1, -0.05) is 0 Å². The smallest absolute Gasteiger partial charge is 0.212 e. The van der Waals surface area contributed by atoms with Gasteiger partial charge in [0, 0.05) is 17.5 Å². The molecule has 0 saturated heterocycles. The van der Waals surface area contributed by atoms with Crippen molar-refractivity contribution in [3.05, 3.63) is 42.3 Å². The number of fused-ring (bicyclic) bond motifs is 1. The third-order valence-corrected chi connectivity index (χ3v) is 2.18. The van der Waals surface area contributed by atoms with Gasteiger partial charge in [0.05, 0.1) is 0 Å². The maximum absolute atomic E-state index is 12.9. The summed E-state index contributed by atoms with van der Waals surface area (Å²) in [5.41, 5.74) is 0.933. The number of benzene rings is 1. The van der Waals surface area contributed by atoms with Crippen molar-refractivity contribution in [1.29, 1.82) is 0 Å². The van der Waals surface area contributed by atoms with E-state index in [9.17, 15) is 4.39 Å². The molecule has 3 heteroatoms. The highest BCUT2D eigenvalue weighted by Gasteiger charge is 2.07. The zero-order chi connectivity index (χ0) is 9.97. The van der Waals surface area contributed by atoms with Crippen LogP contribution in [0.25, 0.3) is 10.9 Å². The molecule has 0 saturated carbocycles. The Hall–Kier alpha value is -1.48. The van der Waals surface area contributed by atoms with E-state index in [4.69, 9.17) is 5.11 Å². The fourth-order valence-electron chi connectivity index (χ4n) is 1.55. The Balaban J connectivity index is 2.62. The molecule has 0 amide bonds. The van der Waals surface area contributed by atoms with Crippen LogP contribution in [0.1, 0.15) is 0 Å². The van der Waals surface area contributed by atoms with Crippen LogP contribution in [0.3, 0.4) is 0 Å². The van der Waals surface area contributed by atoms with Gasteiger partial charge in [0.2, 0.25) is 5.52 Å². The number of nitrogens with zero attached hydrogens (tertiary/aromatic N) is 1. The fourth-order valence-corrected chi connectivity index (χ4v) is 1.55. The SMILES string of the molecule is OCC[n+]1cccc2cc(F)ccc21. The lowest BCUT2D eigenvalue weighted by atomic mass is 10.2. The third-order valence-electron chi connectivity index (χ3n) is 2.18. The van der Waals surface area contributed by atoms with E-state index in [-0.39, 0.29) is 12.4 Å². The van der Waals surface area contributed by atoms with E-state index in [1.807, 2.05) is 22.9 Å². The lowest BCUT2D eigenvalue weighted by molar-refractivity contribution is -0.672. The number of hydrogen-bond acceptors (Lipinski definition) is 1. The summed E-state index contributed by atoms with van der Waals surface area (Å²) >= 11 is 0. The van der Waals surface area contributed by atoms with Crippen LogP contribution in [0, 0.1) is 5.82 Å². The second kappa shape index (κ2) is 3.72. The minimum absolute atomic E-state index is 0.0845. The Bertz CT molecular complexity index is 456. The first-order valence-corrected chi connectivity index (χ1v) is 4.50. The predicted molar refractivity (Wildman–Crippen MR) is 51.2 cm³/mol. The number of aromatic nitrogens is 1. The molecular weight excluding hydrogens is 181 g/mol. The molecule has 1 heterocycles. The number of rotatable bonds is 2. The second-order valence-electron chi connectivity index (χ2n) is 3.13. The van der Waals surface area contributed by atoms with Gasteiger partial charge in [-0.2, -0.15) is 4.57 Å². The molecule has 72 valence electrons. The van der Waals surface area contributed by atoms with Gasteiger partial charge in [0.15, 0.2) is 12.7 Å². The minimum atomic E-state index is -0.237. The quantitative estimate of drug-likeness (QED) is 0.711. The summed E-state index contributed by atoms with van der Waals surface area (Å²) in [6, 6.07) is 8.34. The molecule has 0 radical (unpaired) electrons. The van der Waals surface area contributed by atoms with Crippen LogP contribution in [0.15, 0.2) is 36.5 Å². The van der Waals surface area contributed by atoms with E-state index in [2.05, 4.69) is 0 Å². The van der Waals surface area contributed by atoms with Crippen LogP contribution < -0.4 is 4.57 Å². The van der Waals surface area contributed by atoms with Gasteiger partial charge in [0.1, 0.15) is 12.4 Å². The standard InChI is InChI=1S/C11H11FNO/c12-10-3-4-11-9(8-10)2-1-5-13(11)6-7-14/h1-5,8,14H,6-7H2/q+1. The van der Waals surface area contributed by atoms with E-state index in [0.29, 0.717) is 6.54 Å². The molecule has 0 atom stereocenters. The second-order valence-corrected chi connectivity index (χ2v) is 3.13. The Morgan fingerprint density at radius 1 is 1.29 bits per heavy atom. The monoisotopic (exact) mass is 192 g/mol. The van der Waals surface area contributed by atoms with E-state index in [1.165, 1.54) is 12.1 Å². The van der Waals surface area contributed by atoms with Crippen LogP contribution in [0.2, 0.25) is 0 Å².